The first-order valence-electron chi connectivity index (χ1n) is 5.79. The van der Waals surface area contributed by atoms with E-state index in [1.807, 2.05) is 13.8 Å². The van der Waals surface area contributed by atoms with Gasteiger partial charge in [0.05, 0.1) is 4.90 Å². The van der Waals surface area contributed by atoms with Gasteiger partial charge in [0.15, 0.2) is 0 Å². The summed E-state index contributed by atoms with van der Waals surface area (Å²) >= 11 is 5.99. The molecule has 0 aliphatic heterocycles. The Balaban J connectivity index is 3.37. The quantitative estimate of drug-likeness (QED) is 0.867. The number of sulfonamides is 1. The number of anilines is 1. The lowest BCUT2D eigenvalue weighted by Gasteiger charge is -2.24. The predicted molar refractivity (Wildman–Crippen MR) is 75.3 cm³/mol. The van der Waals surface area contributed by atoms with E-state index in [9.17, 15) is 8.42 Å². The molecule has 0 amide bonds. The molecule has 1 rings (SSSR count). The van der Waals surface area contributed by atoms with Gasteiger partial charge < -0.3 is 5.73 Å². The smallest absolute Gasteiger partial charge is 0.243 e. The summed E-state index contributed by atoms with van der Waals surface area (Å²) in [5.41, 5.74) is 6.86. The summed E-state index contributed by atoms with van der Waals surface area (Å²) < 4.78 is 26.3. The van der Waals surface area contributed by atoms with E-state index in [4.69, 9.17) is 17.3 Å². The average Bonchev–Trinajstić information content (AvgIpc) is 2.25. The molecule has 0 atom stereocenters. The molecule has 0 bridgehead atoms. The van der Waals surface area contributed by atoms with Gasteiger partial charge in [-0.2, -0.15) is 4.31 Å². The lowest BCUT2D eigenvalue weighted by molar-refractivity contribution is 0.369. The Morgan fingerprint density at radius 2 is 1.94 bits per heavy atom. The Kier molecular flexibility index (Phi) is 4.64. The van der Waals surface area contributed by atoms with Crippen molar-refractivity contribution in [2.75, 3.05) is 12.3 Å². The number of nitrogens with two attached hydrogens (primary N) is 1. The van der Waals surface area contributed by atoms with E-state index in [2.05, 4.69) is 0 Å². The molecule has 0 saturated carbocycles. The van der Waals surface area contributed by atoms with Crippen LogP contribution in [0.3, 0.4) is 0 Å². The van der Waals surface area contributed by atoms with Crippen LogP contribution in [0.5, 0.6) is 0 Å². The van der Waals surface area contributed by atoms with E-state index in [0.717, 1.165) is 0 Å². The molecule has 1 aromatic rings. The number of hydrogen-bond acceptors (Lipinski definition) is 3. The second-order valence-electron chi connectivity index (χ2n) is 4.42. The summed E-state index contributed by atoms with van der Waals surface area (Å²) in [6.07, 6.45) is 0. The standard InChI is InChI=1S/C12H19ClN2O2S/c1-5-15(8(2)3)18(16,17)10-6-11(13)9(4)12(14)7-10/h6-8H,5,14H2,1-4H3. The van der Waals surface area contributed by atoms with Gasteiger partial charge in [0.25, 0.3) is 0 Å². The molecule has 0 unspecified atom stereocenters. The van der Waals surface area contributed by atoms with Gasteiger partial charge in [-0.25, -0.2) is 8.42 Å². The first-order chi connectivity index (χ1) is 8.21. The molecule has 0 saturated heterocycles. The molecule has 102 valence electrons. The maximum absolute atomic E-state index is 12.4. The zero-order valence-corrected chi connectivity index (χ0v) is 12.6. The summed E-state index contributed by atoms with van der Waals surface area (Å²) in [7, 11) is -3.54. The number of benzene rings is 1. The molecule has 0 aliphatic rings. The molecule has 0 fully saturated rings. The van der Waals surface area contributed by atoms with Crippen LogP contribution < -0.4 is 5.73 Å². The third-order valence-electron chi connectivity index (χ3n) is 2.85. The van der Waals surface area contributed by atoms with Crippen LogP contribution in [-0.4, -0.2) is 25.3 Å². The highest BCUT2D eigenvalue weighted by Crippen LogP contribution is 2.28. The Hall–Kier alpha value is -0.780. The number of nitrogens with zero attached hydrogens (tertiary/aromatic N) is 1. The van der Waals surface area contributed by atoms with Crippen molar-refractivity contribution in [2.45, 2.75) is 38.6 Å². The lowest BCUT2D eigenvalue weighted by Crippen LogP contribution is -2.36. The molecule has 0 aliphatic carbocycles. The van der Waals surface area contributed by atoms with E-state index in [1.165, 1.54) is 16.4 Å². The number of nitrogen functional groups attached to an aromatic ring is 1. The van der Waals surface area contributed by atoms with Crippen molar-refractivity contribution in [3.63, 3.8) is 0 Å². The fourth-order valence-corrected chi connectivity index (χ4v) is 3.77. The Morgan fingerprint density at radius 3 is 2.33 bits per heavy atom. The van der Waals surface area contributed by atoms with Crippen molar-refractivity contribution in [1.82, 2.24) is 4.31 Å². The summed E-state index contributed by atoms with van der Waals surface area (Å²) in [4.78, 5) is 0.145. The fraction of sp³-hybridized carbons (Fsp3) is 0.500. The van der Waals surface area contributed by atoms with E-state index in [-0.39, 0.29) is 10.9 Å². The minimum absolute atomic E-state index is 0.110. The van der Waals surface area contributed by atoms with Crippen LogP contribution in [0, 0.1) is 6.92 Å². The van der Waals surface area contributed by atoms with Gasteiger partial charge in [0.1, 0.15) is 0 Å². The van der Waals surface area contributed by atoms with E-state index in [1.54, 1.807) is 13.8 Å². The number of halogens is 1. The first kappa shape index (κ1) is 15.3. The molecule has 0 aromatic heterocycles. The molecule has 4 nitrogen and oxygen atoms in total. The molecule has 2 N–H and O–H groups in total. The average molecular weight is 291 g/mol. The second-order valence-corrected chi connectivity index (χ2v) is 6.72. The van der Waals surface area contributed by atoms with Gasteiger partial charge in [-0.3, -0.25) is 0 Å². The highest BCUT2D eigenvalue weighted by atomic mass is 35.5. The molecular formula is C12H19ClN2O2S. The van der Waals surface area contributed by atoms with Crippen LogP contribution in [0.2, 0.25) is 5.02 Å². The second kappa shape index (κ2) is 5.47. The third kappa shape index (κ3) is 2.79. The highest BCUT2D eigenvalue weighted by molar-refractivity contribution is 7.89. The minimum Gasteiger partial charge on any atom is -0.398 e. The predicted octanol–water partition coefficient (Wildman–Crippen LogP) is 2.65. The maximum Gasteiger partial charge on any atom is 0.243 e. The van der Waals surface area contributed by atoms with Crippen LogP contribution in [-0.2, 0) is 10.0 Å². The molecule has 0 radical (unpaired) electrons. The molecule has 0 heterocycles. The largest absolute Gasteiger partial charge is 0.398 e. The van der Waals surface area contributed by atoms with Gasteiger partial charge >= 0.3 is 0 Å². The summed E-state index contributed by atoms with van der Waals surface area (Å²) in [6.45, 7) is 7.64. The van der Waals surface area contributed by atoms with Gasteiger partial charge in [-0.1, -0.05) is 18.5 Å². The normalized spacial score (nSPS) is 12.4. The van der Waals surface area contributed by atoms with Gasteiger partial charge in [-0.05, 0) is 38.5 Å². The van der Waals surface area contributed by atoms with Crippen molar-refractivity contribution < 1.29 is 8.42 Å². The van der Waals surface area contributed by atoms with Gasteiger partial charge in [0.2, 0.25) is 10.0 Å². The van der Waals surface area contributed by atoms with Crippen molar-refractivity contribution >= 4 is 27.3 Å². The highest BCUT2D eigenvalue weighted by Gasteiger charge is 2.26. The molecular weight excluding hydrogens is 272 g/mol. The van der Waals surface area contributed by atoms with Crippen LogP contribution >= 0.6 is 11.6 Å². The van der Waals surface area contributed by atoms with Crippen LogP contribution in [0.25, 0.3) is 0 Å². The molecule has 18 heavy (non-hydrogen) atoms. The molecule has 6 heteroatoms. The molecule has 1 aromatic carbocycles. The van der Waals surface area contributed by atoms with E-state index in [0.29, 0.717) is 22.8 Å². The fourth-order valence-electron chi connectivity index (χ4n) is 1.77. The van der Waals surface area contributed by atoms with E-state index >= 15 is 0 Å². The number of hydrogen-bond donors (Lipinski definition) is 1. The van der Waals surface area contributed by atoms with Crippen LogP contribution in [0.1, 0.15) is 26.3 Å². The topological polar surface area (TPSA) is 63.4 Å². The summed E-state index contributed by atoms with van der Waals surface area (Å²) in [6, 6.07) is 2.80. The Morgan fingerprint density at radius 1 is 1.39 bits per heavy atom. The van der Waals surface area contributed by atoms with Crippen molar-refractivity contribution in [3.8, 4) is 0 Å². The van der Waals surface area contributed by atoms with Crippen molar-refractivity contribution in [2.24, 2.45) is 0 Å². The summed E-state index contributed by atoms with van der Waals surface area (Å²) in [5, 5.41) is 0.369. The maximum atomic E-state index is 12.4. The SMILES string of the molecule is CCN(C(C)C)S(=O)(=O)c1cc(N)c(C)c(Cl)c1. The van der Waals surface area contributed by atoms with Gasteiger partial charge in [0, 0.05) is 23.3 Å². The summed E-state index contributed by atoms with van der Waals surface area (Å²) in [5.74, 6) is 0. The van der Waals surface area contributed by atoms with Crippen molar-refractivity contribution in [1.29, 1.82) is 0 Å². The Bertz CT molecular complexity index is 518. The lowest BCUT2D eigenvalue weighted by atomic mass is 10.2. The third-order valence-corrected chi connectivity index (χ3v) is 5.37. The zero-order chi connectivity index (χ0) is 14.1. The zero-order valence-electron chi connectivity index (χ0n) is 11.1. The van der Waals surface area contributed by atoms with Gasteiger partial charge in [-0.15, -0.1) is 0 Å². The van der Waals surface area contributed by atoms with Crippen LogP contribution in [0.4, 0.5) is 5.69 Å². The number of rotatable bonds is 4. The first-order valence-corrected chi connectivity index (χ1v) is 7.61. The van der Waals surface area contributed by atoms with Crippen molar-refractivity contribution in [3.05, 3.63) is 22.7 Å². The molecule has 0 spiro atoms. The monoisotopic (exact) mass is 290 g/mol. The Labute approximate surface area is 114 Å². The van der Waals surface area contributed by atoms with E-state index < -0.39 is 10.0 Å². The minimum atomic E-state index is -3.54. The van der Waals surface area contributed by atoms with Crippen LogP contribution in [0.15, 0.2) is 17.0 Å².